The number of rotatable bonds is 2. The van der Waals surface area contributed by atoms with Crippen LogP contribution in [0.4, 0.5) is 26.3 Å². The summed E-state index contributed by atoms with van der Waals surface area (Å²) in [7, 11) is 0. The van der Waals surface area contributed by atoms with Crippen molar-refractivity contribution < 1.29 is 31.1 Å². The van der Waals surface area contributed by atoms with Gasteiger partial charge in [-0.2, -0.15) is 26.3 Å². The van der Waals surface area contributed by atoms with Crippen LogP contribution in [0.5, 0.6) is 0 Å². The lowest BCUT2D eigenvalue weighted by Gasteiger charge is -2.15. The number of fused-ring (bicyclic) bond motifs is 1. The van der Waals surface area contributed by atoms with Gasteiger partial charge in [0.1, 0.15) is 5.69 Å². The number of aryl methyl sites for hydroxylation is 2. The Kier molecular flexibility index (Phi) is 7.04. The number of halogens is 6. The molecule has 0 atom stereocenters. The number of alkyl halides is 6. The molecule has 1 amide bonds. The van der Waals surface area contributed by atoms with Gasteiger partial charge in [-0.15, -0.1) is 0 Å². The molecule has 0 saturated heterocycles. The number of pyridine rings is 2. The van der Waals surface area contributed by atoms with Crippen molar-refractivity contribution in [2.45, 2.75) is 38.0 Å². The maximum atomic E-state index is 12.7. The summed E-state index contributed by atoms with van der Waals surface area (Å²) in [5, 5.41) is 0. The Labute approximate surface area is 185 Å². The van der Waals surface area contributed by atoms with Crippen LogP contribution in [0.3, 0.4) is 0 Å². The predicted molar refractivity (Wildman–Crippen MR) is 109 cm³/mol. The zero-order chi connectivity index (χ0) is 24.2. The SMILES string of the molecule is FC(F)(F)c1cc(-c2ccc3c(n2)CCCC3)ccn1.NC(=O)c1cccc(C(F)(F)F)c1. The van der Waals surface area contributed by atoms with Crippen LogP contribution in [-0.2, 0) is 25.2 Å². The highest BCUT2D eigenvalue weighted by Crippen LogP contribution is 2.31. The van der Waals surface area contributed by atoms with Crippen LogP contribution >= 0.6 is 0 Å². The molecule has 0 spiro atoms. The lowest BCUT2D eigenvalue weighted by atomic mass is 9.95. The highest BCUT2D eigenvalue weighted by molar-refractivity contribution is 5.92. The van der Waals surface area contributed by atoms with E-state index in [4.69, 9.17) is 5.73 Å². The molecule has 2 heterocycles. The minimum Gasteiger partial charge on any atom is -0.366 e. The van der Waals surface area contributed by atoms with E-state index in [1.807, 2.05) is 6.07 Å². The first-order valence-electron chi connectivity index (χ1n) is 9.94. The van der Waals surface area contributed by atoms with Crippen molar-refractivity contribution in [3.8, 4) is 11.3 Å². The van der Waals surface area contributed by atoms with Gasteiger partial charge in [0.15, 0.2) is 0 Å². The van der Waals surface area contributed by atoms with Gasteiger partial charge in [-0.1, -0.05) is 12.1 Å². The number of nitrogens with zero attached hydrogens (tertiary/aromatic N) is 2. The number of amides is 1. The molecule has 0 unspecified atom stereocenters. The van der Waals surface area contributed by atoms with Gasteiger partial charge in [0.25, 0.3) is 0 Å². The van der Waals surface area contributed by atoms with Crippen molar-refractivity contribution >= 4 is 5.91 Å². The number of hydrogen-bond donors (Lipinski definition) is 1. The van der Waals surface area contributed by atoms with Gasteiger partial charge in [0, 0.05) is 23.0 Å². The third kappa shape index (κ3) is 6.30. The van der Waals surface area contributed by atoms with E-state index in [-0.39, 0.29) is 5.56 Å². The van der Waals surface area contributed by atoms with Crippen molar-refractivity contribution in [1.29, 1.82) is 0 Å². The Bertz CT molecular complexity index is 1140. The maximum Gasteiger partial charge on any atom is 0.433 e. The van der Waals surface area contributed by atoms with E-state index in [1.54, 1.807) is 12.1 Å². The van der Waals surface area contributed by atoms with E-state index in [1.165, 1.54) is 17.8 Å². The summed E-state index contributed by atoms with van der Waals surface area (Å²) in [5.41, 5.74) is 6.19. The second kappa shape index (κ2) is 9.60. The number of carbonyl (C=O) groups excluding carboxylic acids is 1. The van der Waals surface area contributed by atoms with Gasteiger partial charge < -0.3 is 5.73 Å². The average Bonchev–Trinajstić information content (AvgIpc) is 2.78. The monoisotopic (exact) mass is 467 g/mol. The maximum absolute atomic E-state index is 12.7. The normalized spacial score (nSPS) is 13.5. The zero-order valence-electron chi connectivity index (χ0n) is 17.2. The predicted octanol–water partition coefficient (Wildman–Crippen LogP) is 5.85. The summed E-state index contributed by atoms with van der Waals surface area (Å²) in [6.45, 7) is 0. The average molecular weight is 467 g/mol. The Morgan fingerprint density at radius 3 is 2.27 bits per heavy atom. The molecule has 0 radical (unpaired) electrons. The quantitative estimate of drug-likeness (QED) is 0.481. The lowest BCUT2D eigenvalue weighted by molar-refractivity contribution is -0.141. The standard InChI is InChI=1S/C15H13F3N2.C8H6F3NO/c16-15(17,18)14-9-11(7-8-19-14)13-6-5-10-3-1-2-4-12(10)20-13;9-8(10,11)6-3-1-2-5(4-6)7(12)13/h5-9H,1-4H2;1-4H,(H2,12,13). The Morgan fingerprint density at radius 1 is 0.879 bits per heavy atom. The minimum absolute atomic E-state index is 0.144. The summed E-state index contributed by atoms with van der Waals surface area (Å²) in [6, 6.07) is 10.4. The molecule has 3 aromatic rings. The summed E-state index contributed by atoms with van der Waals surface area (Å²) in [6.07, 6.45) is -3.53. The zero-order valence-corrected chi connectivity index (χ0v) is 17.2. The number of nitrogens with two attached hydrogens (primary N) is 1. The molecule has 4 nitrogen and oxygen atoms in total. The topological polar surface area (TPSA) is 68.9 Å². The molecule has 0 fully saturated rings. The highest BCUT2D eigenvalue weighted by Gasteiger charge is 2.32. The van der Waals surface area contributed by atoms with Crippen LogP contribution in [0.2, 0.25) is 0 Å². The van der Waals surface area contributed by atoms with Crippen LogP contribution in [0, 0.1) is 0 Å². The number of aromatic nitrogens is 2. The third-order valence-corrected chi connectivity index (χ3v) is 5.00. The number of benzene rings is 1. The van der Waals surface area contributed by atoms with Crippen LogP contribution in [0.15, 0.2) is 54.7 Å². The van der Waals surface area contributed by atoms with E-state index in [0.29, 0.717) is 11.3 Å². The van der Waals surface area contributed by atoms with E-state index in [0.717, 1.165) is 55.6 Å². The van der Waals surface area contributed by atoms with Gasteiger partial charge in [0.2, 0.25) is 5.91 Å². The van der Waals surface area contributed by atoms with Crippen LogP contribution in [0.1, 0.15) is 45.7 Å². The number of hydrogen-bond acceptors (Lipinski definition) is 3. The largest absolute Gasteiger partial charge is 0.433 e. The van der Waals surface area contributed by atoms with Crippen molar-refractivity contribution in [1.82, 2.24) is 9.97 Å². The van der Waals surface area contributed by atoms with Gasteiger partial charge in [-0.25, -0.2) is 0 Å². The summed E-state index contributed by atoms with van der Waals surface area (Å²) in [4.78, 5) is 18.4. The second-order valence-corrected chi connectivity index (χ2v) is 7.38. The third-order valence-electron chi connectivity index (χ3n) is 5.00. The van der Waals surface area contributed by atoms with Crippen molar-refractivity contribution in [2.75, 3.05) is 0 Å². The van der Waals surface area contributed by atoms with E-state index >= 15 is 0 Å². The summed E-state index contributed by atoms with van der Waals surface area (Å²) >= 11 is 0. The van der Waals surface area contributed by atoms with E-state index in [9.17, 15) is 31.1 Å². The first-order chi connectivity index (χ1) is 15.4. The smallest absolute Gasteiger partial charge is 0.366 e. The molecule has 0 saturated carbocycles. The molecule has 1 aliphatic carbocycles. The molecule has 33 heavy (non-hydrogen) atoms. The molecule has 0 aliphatic heterocycles. The lowest BCUT2D eigenvalue weighted by Crippen LogP contribution is -2.13. The van der Waals surface area contributed by atoms with Gasteiger partial charge >= 0.3 is 12.4 Å². The van der Waals surface area contributed by atoms with Crippen molar-refractivity contribution in [3.63, 3.8) is 0 Å². The summed E-state index contributed by atoms with van der Waals surface area (Å²) < 4.78 is 74.3. The first-order valence-corrected chi connectivity index (χ1v) is 9.94. The minimum atomic E-state index is -4.44. The highest BCUT2D eigenvalue weighted by atomic mass is 19.4. The Morgan fingerprint density at radius 2 is 1.61 bits per heavy atom. The Balaban J connectivity index is 0.000000205. The summed E-state index contributed by atoms with van der Waals surface area (Å²) in [5.74, 6) is -0.869. The Hall–Kier alpha value is -3.43. The molecule has 10 heteroatoms. The number of carbonyl (C=O) groups is 1. The fraction of sp³-hybridized carbons (Fsp3) is 0.261. The van der Waals surface area contributed by atoms with Gasteiger partial charge in [-0.3, -0.25) is 14.8 Å². The molecule has 2 aromatic heterocycles. The molecule has 0 bridgehead atoms. The van der Waals surface area contributed by atoms with Crippen LogP contribution in [-0.4, -0.2) is 15.9 Å². The molecule has 1 aromatic carbocycles. The fourth-order valence-corrected chi connectivity index (χ4v) is 3.34. The van der Waals surface area contributed by atoms with Gasteiger partial charge in [-0.05, 0) is 67.6 Å². The molecule has 4 rings (SSSR count). The molecule has 2 N–H and O–H groups in total. The van der Waals surface area contributed by atoms with Gasteiger partial charge in [0.05, 0.1) is 11.3 Å². The van der Waals surface area contributed by atoms with Crippen molar-refractivity contribution in [3.05, 3.63) is 82.8 Å². The number of primary amides is 1. The molecular formula is C23H19F6N3O. The molecular weight excluding hydrogens is 448 g/mol. The van der Waals surface area contributed by atoms with Crippen LogP contribution in [0.25, 0.3) is 11.3 Å². The molecule has 1 aliphatic rings. The van der Waals surface area contributed by atoms with Crippen LogP contribution < -0.4 is 5.73 Å². The first kappa shape index (κ1) is 24.2. The second-order valence-electron chi connectivity index (χ2n) is 7.38. The molecule has 174 valence electrons. The fourth-order valence-electron chi connectivity index (χ4n) is 3.34. The van der Waals surface area contributed by atoms with E-state index in [2.05, 4.69) is 9.97 Å². The van der Waals surface area contributed by atoms with Crippen molar-refractivity contribution in [2.24, 2.45) is 5.73 Å². The van der Waals surface area contributed by atoms with E-state index < -0.39 is 29.5 Å².